The summed E-state index contributed by atoms with van der Waals surface area (Å²) in [5.74, 6) is 0. The van der Waals surface area contributed by atoms with Gasteiger partial charge in [-0.05, 0) is 32.9 Å². The molecular weight excluding hydrogens is 172 g/mol. The summed E-state index contributed by atoms with van der Waals surface area (Å²) in [5.41, 5.74) is 5.27. The Morgan fingerprint density at radius 2 is 1.57 bits per heavy atom. The molecule has 0 aliphatic heterocycles. The number of rotatable bonds is 7. The summed E-state index contributed by atoms with van der Waals surface area (Å²) in [4.78, 5) is 0. The van der Waals surface area contributed by atoms with Gasteiger partial charge in [0.15, 0.2) is 0 Å². The fourth-order valence-corrected chi connectivity index (χ4v) is 1.27. The summed E-state index contributed by atoms with van der Waals surface area (Å²) in [5, 5.41) is 3.20. The van der Waals surface area contributed by atoms with Crippen molar-refractivity contribution in [1.29, 1.82) is 0 Å². The first kappa shape index (κ1) is 16.4. The Hall–Kier alpha value is -0.0800. The Kier molecular flexibility index (Phi) is 18.0. The zero-order valence-electron chi connectivity index (χ0n) is 10.6. The van der Waals surface area contributed by atoms with Gasteiger partial charge in [-0.2, -0.15) is 0 Å². The van der Waals surface area contributed by atoms with Crippen molar-refractivity contribution in [2.75, 3.05) is 13.6 Å². The second kappa shape index (κ2) is 15.4. The minimum atomic E-state index is 0.736. The molecule has 0 amide bonds. The van der Waals surface area contributed by atoms with E-state index in [0.717, 1.165) is 12.6 Å². The maximum absolute atomic E-state index is 5.27. The molecule has 0 radical (unpaired) electrons. The average molecular weight is 202 g/mol. The quantitative estimate of drug-likeness (QED) is 0.623. The summed E-state index contributed by atoms with van der Waals surface area (Å²) in [6.45, 7) is 7.46. The highest BCUT2D eigenvalue weighted by atomic mass is 14.9. The molecule has 2 nitrogen and oxygen atoms in total. The van der Waals surface area contributed by atoms with Gasteiger partial charge in [-0.1, -0.05) is 40.0 Å². The molecule has 0 aliphatic carbocycles. The fourth-order valence-electron chi connectivity index (χ4n) is 1.27. The second-order valence-corrected chi connectivity index (χ2v) is 3.65. The molecule has 0 atom stereocenters. The van der Waals surface area contributed by atoms with Crippen LogP contribution in [0.15, 0.2) is 0 Å². The molecule has 0 saturated carbocycles. The third-order valence-corrected chi connectivity index (χ3v) is 2.45. The Balaban J connectivity index is 0. The average Bonchev–Trinajstić information content (AvgIpc) is 2.22. The van der Waals surface area contributed by atoms with Crippen molar-refractivity contribution in [1.82, 2.24) is 5.32 Å². The van der Waals surface area contributed by atoms with E-state index in [1.165, 1.54) is 38.5 Å². The van der Waals surface area contributed by atoms with Gasteiger partial charge < -0.3 is 11.1 Å². The largest absolute Gasteiger partial charge is 0.330 e. The van der Waals surface area contributed by atoms with E-state index in [1.807, 2.05) is 7.05 Å². The van der Waals surface area contributed by atoms with Crippen LogP contribution >= 0.6 is 0 Å². The van der Waals surface area contributed by atoms with Crippen LogP contribution in [0.1, 0.15) is 59.3 Å². The highest BCUT2D eigenvalue weighted by Gasteiger charge is 1.94. The maximum atomic E-state index is 5.27. The molecule has 0 unspecified atom stereocenters. The van der Waals surface area contributed by atoms with E-state index in [2.05, 4.69) is 26.1 Å². The van der Waals surface area contributed by atoms with E-state index in [9.17, 15) is 0 Å². The minimum absolute atomic E-state index is 0.736. The standard InChI is InChI=1S/2C6H15N/c1-4-6(5-2)7-3;1-2-3-4-5-6-7/h6-7H,4-5H2,1-3H3;2-7H2,1H3. The van der Waals surface area contributed by atoms with Gasteiger partial charge in [0.2, 0.25) is 0 Å². The third-order valence-electron chi connectivity index (χ3n) is 2.45. The summed E-state index contributed by atoms with van der Waals surface area (Å²) in [7, 11) is 2.01. The Bertz CT molecular complexity index is 70.9. The minimum Gasteiger partial charge on any atom is -0.330 e. The Morgan fingerprint density at radius 1 is 1.00 bits per heavy atom. The van der Waals surface area contributed by atoms with Crippen LogP contribution in [0, 0.1) is 0 Å². The lowest BCUT2D eigenvalue weighted by atomic mass is 10.2. The van der Waals surface area contributed by atoms with E-state index in [0.29, 0.717) is 0 Å². The highest BCUT2D eigenvalue weighted by molar-refractivity contribution is 4.56. The number of hydrogen-bond acceptors (Lipinski definition) is 2. The summed E-state index contributed by atoms with van der Waals surface area (Å²) >= 11 is 0. The molecule has 0 rings (SSSR count). The molecule has 0 spiro atoms. The van der Waals surface area contributed by atoms with Crippen LogP contribution in [0.5, 0.6) is 0 Å². The van der Waals surface area contributed by atoms with Crippen molar-refractivity contribution in [3.8, 4) is 0 Å². The van der Waals surface area contributed by atoms with Crippen molar-refractivity contribution < 1.29 is 0 Å². The van der Waals surface area contributed by atoms with Crippen LogP contribution in [0.25, 0.3) is 0 Å². The van der Waals surface area contributed by atoms with Gasteiger partial charge in [0.05, 0.1) is 0 Å². The van der Waals surface area contributed by atoms with Crippen LogP contribution in [-0.4, -0.2) is 19.6 Å². The third kappa shape index (κ3) is 14.4. The highest BCUT2D eigenvalue weighted by Crippen LogP contribution is 1.95. The molecule has 0 bridgehead atoms. The van der Waals surface area contributed by atoms with Crippen LogP contribution in [0.2, 0.25) is 0 Å². The Morgan fingerprint density at radius 3 is 1.79 bits per heavy atom. The van der Waals surface area contributed by atoms with Gasteiger partial charge in [0.25, 0.3) is 0 Å². The van der Waals surface area contributed by atoms with Crippen molar-refractivity contribution in [3.63, 3.8) is 0 Å². The molecule has 3 N–H and O–H groups in total. The summed E-state index contributed by atoms with van der Waals surface area (Å²) < 4.78 is 0. The van der Waals surface area contributed by atoms with E-state index in [4.69, 9.17) is 5.73 Å². The van der Waals surface area contributed by atoms with Crippen molar-refractivity contribution in [2.45, 2.75) is 65.3 Å². The molecule has 0 aromatic carbocycles. The summed E-state index contributed by atoms with van der Waals surface area (Å²) in [6.07, 6.45) is 7.65. The lowest BCUT2D eigenvalue weighted by Gasteiger charge is -2.08. The van der Waals surface area contributed by atoms with E-state index < -0.39 is 0 Å². The topological polar surface area (TPSA) is 38.0 Å². The van der Waals surface area contributed by atoms with Crippen LogP contribution in [0.4, 0.5) is 0 Å². The lowest BCUT2D eigenvalue weighted by molar-refractivity contribution is 0.531. The predicted octanol–water partition coefficient (Wildman–Crippen LogP) is 2.92. The lowest BCUT2D eigenvalue weighted by Crippen LogP contribution is -2.22. The monoisotopic (exact) mass is 202 g/mol. The molecule has 2 heteroatoms. The number of nitrogens with two attached hydrogens (primary N) is 1. The smallest absolute Gasteiger partial charge is 0.00588 e. The van der Waals surface area contributed by atoms with Gasteiger partial charge in [-0.25, -0.2) is 0 Å². The van der Waals surface area contributed by atoms with Crippen molar-refractivity contribution in [3.05, 3.63) is 0 Å². The first-order valence-corrected chi connectivity index (χ1v) is 6.13. The molecule has 0 aromatic heterocycles. The summed E-state index contributed by atoms with van der Waals surface area (Å²) in [6, 6.07) is 0.736. The number of nitrogens with one attached hydrogen (secondary N) is 1. The van der Waals surface area contributed by atoms with Gasteiger partial charge in [-0.3, -0.25) is 0 Å². The van der Waals surface area contributed by atoms with Crippen molar-refractivity contribution >= 4 is 0 Å². The Labute approximate surface area is 90.6 Å². The van der Waals surface area contributed by atoms with E-state index in [1.54, 1.807) is 0 Å². The molecule has 88 valence electrons. The SMILES string of the molecule is CCC(CC)NC.CCCCCCN. The zero-order chi connectivity index (χ0) is 11.2. The second-order valence-electron chi connectivity index (χ2n) is 3.65. The van der Waals surface area contributed by atoms with E-state index in [-0.39, 0.29) is 0 Å². The first-order chi connectivity index (χ1) is 6.76. The van der Waals surface area contributed by atoms with Gasteiger partial charge in [0.1, 0.15) is 0 Å². The first-order valence-electron chi connectivity index (χ1n) is 6.13. The van der Waals surface area contributed by atoms with Crippen LogP contribution in [0.3, 0.4) is 0 Å². The van der Waals surface area contributed by atoms with E-state index >= 15 is 0 Å². The predicted molar refractivity (Wildman–Crippen MR) is 66.6 cm³/mol. The fraction of sp³-hybridized carbons (Fsp3) is 1.00. The molecule has 14 heavy (non-hydrogen) atoms. The maximum Gasteiger partial charge on any atom is 0.00588 e. The van der Waals surface area contributed by atoms with Gasteiger partial charge in [0, 0.05) is 6.04 Å². The van der Waals surface area contributed by atoms with Crippen LogP contribution < -0.4 is 11.1 Å². The molecule has 0 aromatic rings. The number of unbranched alkanes of at least 4 members (excludes halogenated alkanes) is 3. The zero-order valence-corrected chi connectivity index (χ0v) is 10.6. The molecule has 0 saturated heterocycles. The van der Waals surface area contributed by atoms with Gasteiger partial charge >= 0.3 is 0 Å². The molecular formula is C12H30N2. The van der Waals surface area contributed by atoms with Crippen molar-refractivity contribution in [2.24, 2.45) is 5.73 Å². The molecule has 0 fully saturated rings. The number of hydrogen-bond donors (Lipinski definition) is 2. The van der Waals surface area contributed by atoms with Crippen LogP contribution in [-0.2, 0) is 0 Å². The molecule has 0 heterocycles. The molecule has 0 aliphatic rings. The van der Waals surface area contributed by atoms with Gasteiger partial charge in [-0.15, -0.1) is 0 Å². The normalized spacial score (nSPS) is 9.86.